The van der Waals surface area contributed by atoms with Gasteiger partial charge in [-0.15, -0.1) is 0 Å². The first-order valence-electron chi connectivity index (χ1n) is 6.70. The van der Waals surface area contributed by atoms with Gasteiger partial charge in [0.25, 0.3) is 0 Å². The number of ether oxygens (including phenoxy) is 2. The molecule has 1 unspecified atom stereocenters. The van der Waals surface area contributed by atoms with Gasteiger partial charge in [-0.1, -0.05) is 0 Å². The summed E-state index contributed by atoms with van der Waals surface area (Å²) >= 11 is 6.91. The van der Waals surface area contributed by atoms with E-state index in [0.717, 1.165) is 40.0 Å². The van der Waals surface area contributed by atoms with Gasteiger partial charge >= 0.3 is 5.97 Å². The summed E-state index contributed by atoms with van der Waals surface area (Å²) in [4.78, 5) is 10.5. The maximum absolute atomic E-state index is 10.5. The van der Waals surface area contributed by atoms with Crippen molar-refractivity contribution in [3.63, 3.8) is 0 Å². The Morgan fingerprint density at radius 1 is 1.38 bits per heavy atom. The number of rotatable bonds is 5. The van der Waals surface area contributed by atoms with Gasteiger partial charge in [0.15, 0.2) is 0 Å². The Bertz CT molecular complexity index is 513. The summed E-state index contributed by atoms with van der Waals surface area (Å²) in [5.74, 6) is -0.270. The predicted octanol–water partition coefficient (Wildman–Crippen LogP) is 4.26. The molecule has 0 spiro atoms. The Morgan fingerprint density at radius 3 is 2.67 bits per heavy atom. The van der Waals surface area contributed by atoms with Crippen LogP contribution in [0.25, 0.3) is 6.08 Å². The van der Waals surface area contributed by atoms with E-state index in [1.165, 1.54) is 12.5 Å². The third-order valence-electron chi connectivity index (χ3n) is 3.13. The molecule has 0 bridgehead atoms. The van der Waals surface area contributed by atoms with Crippen molar-refractivity contribution in [3.8, 4) is 5.75 Å². The first-order valence-corrected chi connectivity index (χ1v) is 8.29. The Kier molecular flexibility index (Phi) is 6.26. The van der Waals surface area contributed by atoms with Crippen LogP contribution in [0.15, 0.2) is 27.2 Å². The summed E-state index contributed by atoms with van der Waals surface area (Å²) in [6.07, 6.45) is 6.10. The highest BCUT2D eigenvalue weighted by molar-refractivity contribution is 9.11. The second kappa shape index (κ2) is 7.96. The second-order valence-electron chi connectivity index (χ2n) is 4.78. The maximum Gasteiger partial charge on any atom is 0.328 e. The fraction of sp³-hybridized carbons (Fsp3) is 0.400. The number of benzene rings is 1. The lowest BCUT2D eigenvalue weighted by molar-refractivity contribution is -0.131. The molecule has 1 aliphatic heterocycles. The summed E-state index contributed by atoms with van der Waals surface area (Å²) < 4.78 is 13.0. The summed E-state index contributed by atoms with van der Waals surface area (Å²) in [6, 6.07) is 3.64. The van der Waals surface area contributed by atoms with Crippen LogP contribution in [-0.4, -0.2) is 30.4 Å². The van der Waals surface area contributed by atoms with E-state index >= 15 is 0 Å². The fourth-order valence-electron chi connectivity index (χ4n) is 2.10. The van der Waals surface area contributed by atoms with Gasteiger partial charge in [0, 0.05) is 12.7 Å². The van der Waals surface area contributed by atoms with E-state index in [1.807, 2.05) is 12.1 Å². The zero-order valence-electron chi connectivity index (χ0n) is 11.4. The maximum atomic E-state index is 10.5. The Hall–Kier alpha value is -0.850. The minimum absolute atomic E-state index is 0.143. The Balaban J connectivity index is 2.04. The number of hydrogen-bond acceptors (Lipinski definition) is 3. The second-order valence-corrected chi connectivity index (χ2v) is 6.49. The van der Waals surface area contributed by atoms with E-state index < -0.39 is 5.97 Å². The molecule has 1 heterocycles. The lowest BCUT2D eigenvalue weighted by Gasteiger charge is -2.23. The number of aliphatic carboxylic acids is 1. The topological polar surface area (TPSA) is 55.8 Å². The smallest absolute Gasteiger partial charge is 0.328 e. The van der Waals surface area contributed by atoms with Gasteiger partial charge in [0.05, 0.1) is 15.0 Å². The molecule has 1 aliphatic rings. The molecular formula is C15H16Br2O4. The van der Waals surface area contributed by atoms with Crippen molar-refractivity contribution in [1.29, 1.82) is 0 Å². The first kappa shape index (κ1) is 16.5. The zero-order valence-corrected chi connectivity index (χ0v) is 14.5. The van der Waals surface area contributed by atoms with E-state index in [1.54, 1.807) is 0 Å². The molecule has 21 heavy (non-hydrogen) atoms. The molecule has 1 saturated heterocycles. The molecule has 6 heteroatoms. The molecule has 0 aliphatic carbocycles. The molecule has 1 aromatic rings. The number of carbonyl (C=O) groups is 1. The third-order valence-corrected chi connectivity index (χ3v) is 4.30. The molecule has 1 fully saturated rings. The summed E-state index contributed by atoms with van der Waals surface area (Å²) in [6.45, 7) is 1.32. The number of halogens is 2. The fourth-order valence-corrected chi connectivity index (χ4v) is 3.55. The SMILES string of the molecule is O=C(O)/C=C/c1cc(Br)c(OCC2CCCCO2)c(Br)c1. The van der Waals surface area contributed by atoms with Crippen molar-refractivity contribution in [1.82, 2.24) is 0 Å². The van der Waals surface area contributed by atoms with Crippen molar-refractivity contribution in [2.45, 2.75) is 25.4 Å². The van der Waals surface area contributed by atoms with Crippen molar-refractivity contribution in [3.05, 3.63) is 32.7 Å². The van der Waals surface area contributed by atoms with Crippen LogP contribution >= 0.6 is 31.9 Å². The van der Waals surface area contributed by atoms with E-state index in [0.29, 0.717) is 12.4 Å². The van der Waals surface area contributed by atoms with Crippen LogP contribution in [0.1, 0.15) is 24.8 Å². The summed E-state index contributed by atoms with van der Waals surface area (Å²) in [5.41, 5.74) is 0.775. The third kappa shape index (κ3) is 5.13. The predicted molar refractivity (Wildman–Crippen MR) is 87.6 cm³/mol. The highest BCUT2D eigenvalue weighted by Crippen LogP contribution is 2.35. The van der Waals surface area contributed by atoms with Crippen LogP contribution in [0.4, 0.5) is 0 Å². The van der Waals surface area contributed by atoms with E-state index in [-0.39, 0.29) is 6.10 Å². The molecule has 0 aromatic heterocycles. The van der Waals surface area contributed by atoms with Crippen LogP contribution < -0.4 is 4.74 Å². The highest BCUT2D eigenvalue weighted by atomic mass is 79.9. The van der Waals surface area contributed by atoms with Crippen LogP contribution in [0, 0.1) is 0 Å². The normalized spacial score (nSPS) is 18.9. The molecule has 1 atom stereocenters. The Labute approximate surface area is 140 Å². The van der Waals surface area contributed by atoms with Crippen molar-refractivity contribution in [2.75, 3.05) is 13.2 Å². The van der Waals surface area contributed by atoms with Crippen LogP contribution in [0.5, 0.6) is 5.75 Å². The van der Waals surface area contributed by atoms with Crippen LogP contribution in [-0.2, 0) is 9.53 Å². The van der Waals surface area contributed by atoms with E-state index in [2.05, 4.69) is 31.9 Å². The number of hydrogen-bond donors (Lipinski definition) is 1. The van der Waals surface area contributed by atoms with Gasteiger partial charge < -0.3 is 14.6 Å². The molecule has 2 rings (SSSR count). The zero-order chi connectivity index (χ0) is 15.2. The molecular weight excluding hydrogens is 404 g/mol. The molecule has 1 aromatic carbocycles. The average molecular weight is 420 g/mol. The van der Waals surface area contributed by atoms with E-state index in [9.17, 15) is 4.79 Å². The quantitative estimate of drug-likeness (QED) is 0.724. The summed E-state index contributed by atoms with van der Waals surface area (Å²) in [7, 11) is 0. The van der Waals surface area contributed by atoms with Gasteiger partial charge in [-0.2, -0.15) is 0 Å². The summed E-state index contributed by atoms with van der Waals surface area (Å²) in [5, 5.41) is 8.65. The minimum Gasteiger partial charge on any atom is -0.489 e. The molecule has 0 amide bonds. The standard InChI is InChI=1S/C15H16Br2O4/c16-12-7-10(4-5-14(18)19)8-13(17)15(12)21-9-11-3-1-2-6-20-11/h4-5,7-8,11H,1-3,6,9H2,(H,18,19)/b5-4+. The van der Waals surface area contributed by atoms with Gasteiger partial charge in [0.2, 0.25) is 0 Å². The molecule has 0 radical (unpaired) electrons. The van der Waals surface area contributed by atoms with E-state index in [4.69, 9.17) is 14.6 Å². The number of carboxylic acid groups (broad SMARTS) is 1. The van der Waals surface area contributed by atoms with Gasteiger partial charge in [0.1, 0.15) is 12.4 Å². The van der Waals surface area contributed by atoms with Gasteiger partial charge in [-0.3, -0.25) is 0 Å². The number of carboxylic acids is 1. The molecule has 114 valence electrons. The van der Waals surface area contributed by atoms with Gasteiger partial charge in [-0.05, 0) is 74.9 Å². The van der Waals surface area contributed by atoms with Gasteiger partial charge in [-0.25, -0.2) is 4.79 Å². The lowest BCUT2D eigenvalue weighted by atomic mass is 10.1. The molecule has 4 nitrogen and oxygen atoms in total. The largest absolute Gasteiger partial charge is 0.489 e. The average Bonchev–Trinajstić information content (AvgIpc) is 2.45. The van der Waals surface area contributed by atoms with Crippen LogP contribution in [0.3, 0.4) is 0 Å². The molecule has 0 saturated carbocycles. The van der Waals surface area contributed by atoms with Crippen molar-refractivity contribution < 1.29 is 19.4 Å². The Morgan fingerprint density at radius 2 is 2.10 bits per heavy atom. The monoisotopic (exact) mass is 418 g/mol. The van der Waals surface area contributed by atoms with Crippen molar-refractivity contribution >= 4 is 43.9 Å². The lowest BCUT2D eigenvalue weighted by Crippen LogP contribution is -2.25. The first-order chi connectivity index (χ1) is 10.1. The minimum atomic E-state index is -0.975. The molecule has 1 N–H and O–H groups in total. The van der Waals surface area contributed by atoms with Crippen LogP contribution in [0.2, 0.25) is 0 Å². The highest BCUT2D eigenvalue weighted by Gasteiger charge is 2.16. The van der Waals surface area contributed by atoms with Crippen molar-refractivity contribution in [2.24, 2.45) is 0 Å².